The van der Waals surface area contributed by atoms with Crippen molar-refractivity contribution in [3.8, 4) is 0 Å². The first kappa shape index (κ1) is 9.54. The van der Waals surface area contributed by atoms with Crippen LogP contribution < -0.4 is 0 Å². The van der Waals surface area contributed by atoms with Crippen molar-refractivity contribution >= 4 is 23.2 Å². The van der Waals surface area contributed by atoms with Crippen molar-refractivity contribution in [2.45, 2.75) is 5.02 Å². The van der Waals surface area contributed by atoms with Crippen LogP contribution in [0.3, 0.4) is 0 Å². The first-order chi connectivity index (χ1) is 1.73. The normalized spacial score (nSPS) is 7.20. The summed E-state index contributed by atoms with van der Waals surface area (Å²) < 4.78 is 0. The molecule has 0 unspecified atom stereocenters. The van der Waals surface area contributed by atoms with E-state index < -0.39 is 5.02 Å². The van der Waals surface area contributed by atoms with Gasteiger partial charge in [-0.05, 0) is 0 Å². The molecule has 0 heterocycles. The number of aliphatic hydroxyl groups excluding tert-OH is 1. The molecule has 0 amide bonds. The molecule has 0 spiro atoms. The van der Waals surface area contributed by atoms with Crippen LogP contribution in [0.5, 0.6) is 0 Å². The summed E-state index contributed by atoms with van der Waals surface area (Å²) in [6.45, 7) is 0. The molecule has 0 aromatic carbocycles. The van der Waals surface area contributed by atoms with Gasteiger partial charge in [-0.25, -0.2) is 0 Å². The Hall–Kier alpha value is 1.25. The number of alkyl halides is 2. The maximum atomic E-state index is 7.59. The summed E-state index contributed by atoms with van der Waals surface area (Å²) in [5, 5.41) is 6.36. The second-order valence-electron chi connectivity index (χ2n) is 0.278. The van der Waals surface area contributed by atoms with Gasteiger partial charge in [0.2, 0.25) is 5.02 Å². The molecule has 0 saturated heterocycles. The second kappa shape index (κ2) is 5.25. The Morgan fingerprint density at radius 2 is 1.40 bits per heavy atom. The molecule has 0 aliphatic heterocycles. The third-order valence-corrected chi connectivity index (χ3v) is 0. The zero-order valence-corrected chi connectivity index (χ0v) is 5.35. The molecular formula is CH2Cl2OTi. The van der Waals surface area contributed by atoms with E-state index in [2.05, 4.69) is 23.2 Å². The molecule has 0 fully saturated rings. The minimum atomic E-state index is -1.22. The van der Waals surface area contributed by atoms with E-state index in [1.807, 2.05) is 0 Å². The van der Waals surface area contributed by atoms with E-state index in [0.29, 0.717) is 0 Å². The van der Waals surface area contributed by atoms with Crippen molar-refractivity contribution in [3.05, 3.63) is 0 Å². The monoisotopic (exact) mass is 148 g/mol. The van der Waals surface area contributed by atoms with E-state index in [0.717, 1.165) is 0 Å². The summed E-state index contributed by atoms with van der Waals surface area (Å²) in [6.07, 6.45) is 0. The van der Waals surface area contributed by atoms with Crippen LogP contribution in [0, 0.1) is 0 Å². The van der Waals surface area contributed by atoms with Crippen LogP contribution in [0.2, 0.25) is 0 Å². The number of hydrogen-bond donors (Lipinski definition) is 1. The van der Waals surface area contributed by atoms with Crippen molar-refractivity contribution in [2.24, 2.45) is 0 Å². The van der Waals surface area contributed by atoms with Crippen molar-refractivity contribution in [1.82, 2.24) is 0 Å². The summed E-state index contributed by atoms with van der Waals surface area (Å²) in [4.78, 5) is 0. The van der Waals surface area contributed by atoms with E-state index in [1.165, 1.54) is 0 Å². The third kappa shape index (κ3) is 35.4. The van der Waals surface area contributed by atoms with Gasteiger partial charge in [-0.2, -0.15) is 0 Å². The number of halogens is 2. The first-order valence-corrected chi connectivity index (χ1v) is 1.57. The Balaban J connectivity index is 0. The van der Waals surface area contributed by atoms with Gasteiger partial charge in [0.05, 0.1) is 0 Å². The topological polar surface area (TPSA) is 20.2 Å². The molecule has 0 aliphatic carbocycles. The molecule has 0 bridgehead atoms. The minimum Gasteiger partial charge on any atom is -0.365 e. The molecule has 0 saturated carbocycles. The predicted octanol–water partition coefficient (Wildman–Crippen LogP) is 0.737. The standard InChI is InChI=1S/CH2Cl2O.Ti/c2-1(3)4;/h1,4H;. The molecule has 5 heavy (non-hydrogen) atoms. The zero-order valence-electron chi connectivity index (χ0n) is 2.28. The second-order valence-corrected chi connectivity index (χ2v) is 1.33. The predicted molar refractivity (Wildman–Crippen MR) is 17.7 cm³/mol. The SMILES string of the molecule is OC(Cl)Cl.[Ti]. The molecule has 1 nitrogen and oxygen atoms in total. The fraction of sp³-hybridized carbons (Fsp3) is 1.00. The fourth-order valence-electron chi connectivity index (χ4n) is 0. The van der Waals surface area contributed by atoms with Gasteiger partial charge in [-0.1, -0.05) is 23.2 Å². The molecule has 0 aliphatic rings. The smallest absolute Gasteiger partial charge is 0.204 e. The Morgan fingerprint density at radius 1 is 1.40 bits per heavy atom. The molecule has 0 rings (SSSR count). The van der Waals surface area contributed by atoms with Gasteiger partial charge in [0.25, 0.3) is 0 Å². The summed E-state index contributed by atoms with van der Waals surface area (Å²) >= 11 is 9.19. The van der Waals surface area contributed by atoms with E-state index in [-0.39, 0.29) is 21.7 Å². The molecular weight excluding hydrogens is 147 g/mol. The largest absolute Gasteiger partial charge is 0.365 e. The first-order valence-electron chi connectivity index (χ1n) is 0.695. The summed E-state index contributed by atoms with van der Waals surface area (Å²) in [5.41, 5.74) is 0. The van der Waals surface area contributed by atoms with Gasteiger partial charge in [0.15, 0.2) is 0 Å². The van der Waals surface area contributed by atoms with Crippen molar-refractivity contribution < 1.29 is 26.8 Å². The fourth-order valence-corrected chi connectivity index (χ4v) is 0. The molecule has 0 aromatic rings. The molecule has 1 N–H and O–H groups in total. The molecule has 4 heteroatoms. The van der Waals surface area contributed by atoms with Crippen LogP contribution in [0.4, 0.5) is 0 Å². The van der Waals surface area contributed by atoms with Gasteiger partial charge < -0.3 is 5.11 Å². The number of aliphatic hydroxyl groups is 1. The van der Waals surface area contributed by atoms with Crippen LogP contribution in [-0.2, 0) is 21.7 Å². The van der Waals surface area contributed by atoms with Crippen LogP contribution in [0.15, 0.2) is 0 Å². The van der Waals surface area contributed by atoms with E-state index in [4.69, 9.17) is 5.11 Å². The average Bonchev–Trinajstić information content (AvgIpc) is 0.811. The van der Waals surface area contributed by atoms with Gasteiger partial charge in [-0.15, -0.1) is 0 Å². The summed E-state index contributed by atoms with van der Waals surface area (Å²) in [6, 6.07) is 0. The Bertz CT molecular complexity index is 14.4. The molecule has 30 valence electrons. The Morgan fingerprint density at radius 3 is 1.40 bits per heavy atom. The van der Waals surface area contributed by atoms with Crippen LogP contribution in [-0.4, -0.2) is 10.1 Å². The van der Waals surface area contributed by atoms with Crippen LogP contribution in [0.1, 0.15) is 0 Å². The molecule has 0 radical (unpaired) electrons. The van der Waals surface area contributed by atoms with Crippen LogP contribution in [0.25, 0.3) is 0 Å². The van der Waals surface area contributed by atoms with Crippen molar-refractivity contribution in [3.63, 3.8) is 0 Å². The average molecular weight is 149 g/mol. The van der Waals surface area contributed by atoms with Crippen LogP contribution >= 0.6 is 23.2 Å². The summed E-state index contributed by atoms with van der Waals surface area (Å²) in [7, 11) is 0. The van der Waals surface area contributed by atoms with E-state index in [9.17, 15) is 0 Å². The maximum absolute atomic E-state index is 7.59. The molecule has 0 atom stereocenters. The van der Waals surface area contributed by atoms with Gasteiger partial charge in [0, 0.05) is 21.7 Å². The van der Waals surface area contributed by atoms with Gasteiger partial charge >= 0.3 is 0 Å². The van der Waals surface area contributed by atoms with Gasteiger partial charge in [-0.3, -0.25) is 0 Å². The summed E-state index contributed by atoms with van der Waals surface area (Å²) in [5.74, 6) is 0. The number of hydrogen-bond acceptors (Lipinski definition) is 1. The zero-order chi connectivity index (χ0) is 3.58. The minimum absolute atomic E-state index is 0. The Kier molecular flexibility index (Phi) is 10.0. The van der Waals surface area contributed by atoms with Crippen molar-refractivity contribution in [2.75, 3.05) is 0 Å². The Labute approximate surface area is 55.1 Å². The van der Waals surface area contributed by atoms with Gasteiger partial charge in [0.1, 0.15) is 0 Å². The van der Waals surface area contributed by atoms with E-state index in [1.54, 1.807) is 0 Å². The maximum Gasteiger partial charge on any atom is 0.204 e. The quantitative estimate of drug-likeness (QED) is 0.397. The van der Waals surface area contributed by atoms with E-state index >= 15 is 0 Å². The third-order valence-electron chi connectivity index (χ3n) is 0. The number of rotatable bonds is 0. The molecule has 0 aromatic heterocycles. The van der Waals surface area contributed by atoms with Crippen molar-refractivity contribution in [1.29, 1.82) is 0 Å².